The zero-order valence-electron chi connectivity index (χ0n) is 38.7. The van der Waals surface area contributed by atoms with Gasteiger partial charge in [0.15, 0.2) is 0 Å². The predicted molar refractivity (Wildman–Crippen MR) is 303 cm³/mol. The maximum absolute atomic E-state index is 6.42. The van der Waals surface area contributed by atoms with Crippen LogP contribution < -0.4 is 0 Å². The largest absolute Gasteiger partial charge is 0.456 e. The van der Waals surface area contributed by atoms with Gasteiger partial charge in [0.2, 0.25) is 0 Å². The number of benzene rings is 14. The smallest absolute Gasteiger partial charge is 0.136 e. The molecule has 14 aromatic carbocycles. The molecule has 0 spiro atoms. The van der Waals surface area contributed by atoms with E-state index in [0.29, 0.717) is 0 Å². The summed E-state index contributed by atoms with van der Waals surface area (Å²) in [6, 6.07) is 93.9. The Morgan fingerprint density at radius 2 is 0.507 bits per heavy atom. The zero-order chi connectivity index (χ0) is 46.6. The fraction of sp³-hybridized carbons (Fsp3) is 0. The van der Waals surface area contributed by atoms with Gasteiger partial charge in [0.25, 0.3) is 0 Å². The molecule has 1 heterocycles. The zero-order valence-corrected chi connectivity index (χ0v) is 38.7. The molecular formula is C70H42O. The molecule has 0 fully saturated rings. The molecule has 0 aliphatic carbocycles. The van der Waals surface area contributed by atoms with Crippen LogP contribution in [0.3, 0.4) is 0 Å². The van der Waals surface area contributed by atoms with Gasteiger partial charge in [0.05, 0.1) is 0 Å². The van der Waals surface area contributed by atoms with Gasteiger partial charge in [-0.15, -0.1) is 0 Å². The van der Waals surface area contributed by atoms with E-state index >= 15 is 0 Å². The predicted octanol–water partition coefficient (Wildman–Crippen LogP) is 20.0. The van der Waals surface area contributed by atoms with Crippen LogP contribution in [0.2, 0.25) is 0 Å². The van der Waals surface area contributed by atoms with Crippen molar-refractivity contribution in [3.8, 4) is 55.6 Å². The third-order valence-corrected chi connectivity index (χ3v) is 15.2. The number of hydrogen-bond acceptors (Lipinski definition) is 1. The third kappa shape index (κ3) is 6.00. The number of hydrogen-bond donors (Lipinski definition) is 0. The summed E-state index contributed by atoms with van der Waals surface area (Å²) in [4.78, 5) is 0. The molecule has 0 unspecified atom stereocenters. The summed E-state index contributed by atoms with van der Waals surface area (Å²) in [7, 11) is 0. The van der Waals surface area contributed by atoms with Crippen LogP contribution in [0, 0.1) is 0 Å². The third-order valence-electron chi connectivity index (χ3n) is 15.2. The summed E-state index contributed by atoms with van der Waals surface area (Å²) in [5, 5.41) is 19.7. The molecule has 1 heteroatoms. The molecule has 0 radical (unpaired) electrons. The maximum atomic E-state index is 6.42. The first-order chi connectivity index (χ1) is 35.2. The van der Waals surface area contributed by atoms with Gasteiger partial charge in [-0.05, 0) is 155 Å². The average molecular weight is 899 g/mol. The van der Waals surface area contributed by atoms with E-state index in [4.69, 9.17) is 4.42 Å². The number of furan rings is 1. The molecule has 0 atom stereocenters. The van der Waals surface area contributed by atoms with Gasteiger partial charge >= 0.3 is 0 Å². The van der Waals surface area contributed by atoms with Gasteiger partial charge < -0.3 is 4.42 Å². The Kier molecular flexibility index (Phi) is 8.73. The first-order valence-corrected chi connectivity index (χ1v) is 24.6. The highest BCUT2D eigenvalue weighted by atomic mass is 16.3. The van der Waals surface area contributed by atoms with E-state index < -0.39 is 0 Å². The maximum Gasteiger partial charge on any atom is 0.136 e. The Labute approximate surface area is 410 Å². The van der Waals surface area contributed by atoms with Crippen LogP contribution >= 0.6 is 0 Å². The molecule has 0 amide bonds. The number of para-hydroxylation sites is 1. The van der Waals surface area contributed by atoms with E-state index in [2.05, 4.69) is 249 Å². The van der Waals surface area contributed by atoms with E-state index in [1.165, 1.54) is 131 Å². The lowest BCUT2D eigenvalue weighted by atomic mass is 9.83. The van der Waals surface area contributed by atoms with Crippen molar-refractivity contribution in [1.82, 2.24) is 0 Å². The average Bonchev–Trinajstić information content (AvgIpc) is 3.83. The fourth-order valence-corrected chi connectivity index (χ4v) is 12.2. The highest BCUT2D eigenvalue weighted by molar-refractivity contribution is 6.28. The van der Waals surface area contributed by atoms with E-state index in [-0.39, 0.29) is 0 Å². The lowest BCUT2D eigenvalue weighted by molar-refractivity contribution is 0.669. The van der Waals surface area contributed by atoms with Crippen molar-refractivity contribution in [3.63, 3.8) is 0 Å². The summed E-state index contributed by atoms with van der Waals surface area (Å²) >= 11 is 0. The molecule has 1 nitrogen and oxygen atoms in total. The summed E-state index contributed by atoms with van der Waals surface area (Å²) in [5.74, 6) is 0. The molecular weight excluding hydrogens is 857 g/mol. The van der Waals surface area contributed by atoms with Crippen molar-refractivity contribution in [2.45, 2.75) is 0 Å². The summed E-state index contributed by atoms with van der Waals surface area (Å²) in [6.45, 7) is 0. The molecule has 0 aliphatic heterocycles. The second-order valence-corrected chi connectivity index (χ2v) is 19.0. The van der Waals surface area contributed by atoms with Crippen molar-refractivity contribution in [3.05, 3.63) is 255 Å². The van der Waals surface area contributed by atoms with Crippen molar-refractivity contribution in [2.75, 3.05) is 0 Å². The van der Waals surface area contributed by atoms with Crippen LogP contribution in [0.4, 0.5) is 0 Å². The normalized spacial score (nSPS) is 11.9. The van der Waals surface area contributed by atoms with Crippen molar-refractivity contribution in [1.29, 1.82) is 0 Å². The Bertz CT molecular complexity index is 4580. The fourth-order valence-electron chi connectivity index (χ4n) is 12.2. The lowest BCUT2D eigenvalue weighted by Gasteiger charge is -2.20. The summed E-state index contributed by atoms with van der Waals surface area (Å²) in [6.07, 6.45) is 0. The van der Waals surface area contributed by atoms with E-state index in [9.17, 15) is 0 Å². The van der Waals surface area contributed by atoms with Gasteiger partial charge in [0, 0.05) is 10.8 Å². The van der Waals surface area contributed by atoms with Crippen LogP contribution in [-0.4, -0.2) is 0 Å². The first-order valence-electron chi connectivity index (χ1n) is 24.6. The van der Waals surface area contributed by atoms with Crippen LogP contribution in [0.25, 0.3) is 153 Å². The molecule has 1 aromatic heterocycles. The molecule has 0 saturated carbocycles. The van der Waals surface area contributed by atoms with Crippen molar-refractivity contribution >= 4 is 97.3 Å². The standard InChI is InChI=1S/C70H42O/c1-2-21-48-43(17-1)18-13-31-51(48)66-54-22-3-5-24-56(54)67(57-25-6-4-23-55(57)66)52-32-14-19-46-41-44(37-39-49(46)52)45-38-40-50-47(42-45)20-15-33-53(50)68-58-26-7-9-28-60(58)69(61-29-10-8-27-59(61)68)63-34-16-36-65-70(63)62-30-11-12-35-64(62)71-65/h1-42H. The van der Waals surface area contributed by atoms with E-state index in [1.54, 1.807) is 0 Å². The SMILES string of the molecule is c1ccc2c(-c3c4ccccc4c(-c4cccc5cc(-c6ccc7c(-c8c9ccccc9c(-c9cccc%10oc%11ccccc%11c9%10)c9ccccc89)cccc7c6)ccc45)c4ccccc34)cccc2c1. The Morgan fingerprint density at radius 3 is 0.972 bits per heavy atom. The highest BCUT2D eigenvalue weighted by Crippen LogP contribution is 2.50. The van der Waals surface area contributed by atoms with Crippen LogP contribution in [-0.2, 0) is 0 Å². The van der Waals surface area contributed by atoms with Gasteiger partial charge in [-0.25, -0.2) is 0 Å². The summed E-state index contributed by atoms with van der Waals surface area (Å²) < 4.78 is 6.42. The first kappa shape index (κ1) is 39.7. The molecule has 0 aliphatic rings. The molecule has 71 heavy (non-hydrogen) atoms. The molecule has 0 saturated heterocycles. The second-order valence-electron chi connectivity index (χ2n) is 19.0. The topological polar surface area (TPSA) is 13.1 Å². The van der Waals surface area contributed by atoms with Crippen LogP contribution in [0.5, 0.6) is 0 Å². The molecule has 15 rings (SSSR count). The van der Waals surface area contributed by atoms with Crippen molar-refractivity contribution in [2.24, 2.45) is 0 Å². The van der Waals surface area contributed by atoms with E-state index in [1.807, 2.05) is 6.07 Å². The lowest BCUT2D eigenvalue weighted by Crippen LogP contribution is -1.92. The highest BCUT2D eigenvalue weighted by Gasteiger charge is 2.22. The molecule has 15 aromatic rings. The van der Waals surface area contributed by atoms with Gasteiger partial charge in [-0.3, -0.25) is 0 Å². The Balaban J connectivity index is 0.876. The quantitative estimate of drug-likeness (QED) is 0.157. The van der Waals surface area contributed by atoms with Crippen LogP contribution in [0.1, 0.15) is 0 Å². The van der Waals surface area contributed by atoms with Gasteiger partial charge in [-0.1, -0.05) is 231 Å². The van der Waals surface area contributed by atoms with Gasteiger partial charge in [0.1, 0.15) is 11.2 Å². The minimum Gasteiger partial charge on any atom is -0.456 e. The Hall–Kier alpha value is -9.30. The minimum atomic E-state index is 0.905. The Morgan fingerprint density at radius 1 is 0.197 bits per heavy atom. The molecule has 0 N–H and O–H groups in total. The molecule has 328 valence electrons. The molecule has 0 bridgehead atoms. The monoisotopic (exact) mass is 898 g/mol. The van der Waals surface area contributed by atoms with Crippen molar-refractivity contribution < 1.29 is 4.42 Å². The van der Waals surface area contributed by atoms with Gasteiger partial charge in [-0.2, -0.15) is 0 Å². The number of rotatable bonds is 5. The summed E-state index contributed by atoms with van der Waals surface area (Å²) in [5.41, 5.74) is 14.2. The van der Waals surface area contributed by atoms with Crippen LogP contribution in [0.15, 0.2) is 259 Å². The minimum absolute atomic E-state index is 0.905. The van der Waals surface area contributed by atoms with E-state index in [0.717, 1.165) is 21.9 Å². The number of fused-ring (bicyclic) bond motifs is 10. The second kappa shape index (κ2) is 15.6.